The van der Waals surface area contributed by atoms with Crippen LogP contribution in [0.25, 0.3) is 0 Å². The van der Waals surface area contributed by atoms with Gasteiger partial charge in [0.05, 0.1) is 6.04 Å². The minimum absolute atomic E-state index is 0.0898. The van der Waals surface area contributed by atoms with Gasteiger partial charge in [0.25, 0.3) is 0 Å². The molecule has 1 amide bonds. The fourth-order valence-electron chi connectivity index (χ4n) is 1.71. The molecule has 15 heavy (non-hydrogen) atoms. The van der Waals surface area contributed by atoms with Crippen LogP contribution in [0, 0.1) is 0 Å². The summed E-state index contributed by atoms with van der Waals surface area (Å²) in [5, 5.41) is 6.06. The molecule has 80 valence electrons. The van der Waals surface area contributed by atoms with Crippen molar-refractivity contribution in [2.45, 2.75) is 12.5 Å². The van der Waals surface area contributed by atoms with Crippen molar-refractivity contribution in [3.8, 4) is 0 Å². The van der Waals surface area contributed by atoms with E-state index in [1.54, 1.807) is 0 Å². The third-order valence-corrected chi connectivity index (χ3v) is 2.95. The second kappa shape index (κ2) is 4.77. The summed E-state index contributed by atoms with van der Waals surface area (Å²) < 4.78 is 1.05. The van der Waals surface area contributed by atoms with E-state index in [-0.39, 0.29) is 11.9 Å². The molecule has 1 aromatic rings. The zero-order valence-electron chi connectivity index (χ0n) is 8.29. The summed E-state index contributed by atoms with van der Waals surface area (Å²) in [6, 6.07) is 7.96. The van der Waals surface area contributed by atoms with Crippen molar-refractivity contribution in [2.75, 3.05) is 13.1 Å². The van der Waals surface area contributed by atoms with Crippen molar-refractivity contribution < 1.29 is 4.79 Å². The standard InChI is InChI=1S/C11H13BrN2O/c12-9-3-1-2-8(6-9)7-10-11(15)14-5-4-13-10/h1-3,6,10,13H,4-5,7H2,(H,14,15)/t10-/m0/s1. The van der Waals surface area contributed by atoms with Gasteiger partial charge in [0, 0.05) is 17.6 Å². The highest BCUT2D eigenvalue weighted by molar-refractivity contribution is 9.10. The van der Waals surface area contributed by atoms with Gasteiger partial charge in [0.15, 0.2) is 0 Å². The third-order valence-electron chi connectivity index (χ3n) is 2.46. The van der Waals surface area contributed by atoms with Crippen LogP contribution in [0.3, 0.4) is 0 Å². The van der Waals surface area contributed by atoms with Crippen LogP contribution in [-0.2, 0) is 11.2 Å². The van der Waals surface area contributed by atoms with E-state index in [2.05, 4.69) is 26.6 Å². The van der Waals surface area contributed by atoms with Gasteiger partial charge < -0.3 is 10.6 Å². The van der Waals surface area contributed by atoms with Crippen LogP contribution in [-0.4, -0.2) is 25.0 Å². The number of benzene rings is 1. The second-order valence-corrected chi connectivity index (χ2v) is 4.55. The SMILES string of the molecule is O=C1NCCN[C@H]1Cc1cccc(Br)c1. The Labute approximate surface area is 97.4 Å². The summed E-state index contributed by atoms with van der Waals surface area (Å²) in [5.74, 6) is 0.0984. The summed E-state index contributed by atoms with van der Waals surface area (Å²) in [6.07, 6.45) is 0.741. The molecule has 2 N–H and O–H groups in total. The van der Waals surface area contributed by atoms with E-state index in [0.29, 0.717) is 0 Å². The Hall–Kier alpha value is -0.870. The molecule has 0 bridgehead atoms. The minimum Gasteiger partial charge on any atom is -0.353 e. The van der Waals surface area contributed by atoms with E-state index in [1.807, 2.05) is 24.3 Å². The van der Waals surface area contributed by atoms with Gasteiger partial charge in [-0.3, -0.25) is 4.79 Å². The molecule has 1 aromatic carbocycles. The highest BCUT2D eigenvalue weighted by Crippen LogP contribution is 2.13. The topological polar surface area (TPSA) is 41.1 Å². The Kier molecular flexibility index (Phi) is 3.38. The molecule has 1 atom stereocenters. The summed E-state index contributed by atoms with van der Waals surface area (Å²) in [6.45, 7) is 1.58. The van der Waals surface area contributed by atoms with E-state index in [9.17, 15) is 4.79 Å². The molecule has 2 rings (SSSR count). The highest BCUT2D eigenvalue weighted by Gasteiger charge is 2.21. The van der Waals surface area contributed by atoms with Crippen molar-refractivity contribution in [3.63, 3.8) is 0 Å². The van der Waals surface area contributed by atoms with Crippen LogP contribution in [0.15, 0.2) is 28.7 Å². The smallest absolute Gasteiger partial charge is 0.237 e. The first kappa shape index (κ1) is 10.6. The lowest BCUT2D eigenvalue weighted by Crippen LogP contribution is -2.53. The summed E-state index contributed by atoms with van der Waals surface area (Å²) >= 11 is 3.42. The van der Waals surface area contributed by atoms with Gasteiger partial charge in [0.2, 0.25) is 5.91 Å². The number of hydrogen-bond acceptors (Lipinski definition) is 2. The van der Waals surface area contributed by atoms with Crippen molar-refractivity contribution in [2.24, 2.45) is 0 Å². The maximum absolute atomic E-state index is 11.5. The monoisotopic (exact) mass is 268 g/mol. The summed E-state index contributed by atoms with van der Waals surface area (Å²) in [5.41, 5.74) is 1.17. The Morgan fingerprint density at radius 2 is 2.27 bits per heavy atom. The lowest BCUT2D eigenvalue weighted by Gasteiger charge is -2.23. The largest absolute Gasteiger partial charge is 0.353 e. The van der Waals surface area contributed by atoms with Crippen molar-refractivity contribution >= 4 is 21.8 Å². The van der Waals surface area contributed by atoms with Gasteiger partial charge in [-0.1, -0.05) is 28.1 Å². The predicted octanol–water partition coefficient (Wildman–Crippen LogP) is 1.08. The summed E-state index contributed by atoms with van der Waals surface area (Å²) in [4.78, 5) is 11.5. The van der Waals surface area contributed by atoms with Crippen molar-refractivity contribution in [1.82, 2.24) is 10.6 Å². The zero-order chi connectivity index (χ0) is 10.7. The molecule has 0 aromatic heterocycles. The van der Waals surface area contributed by atoms with Gasteiger partial charge in [-0.25, -0.2) is 0 Å². The van der Waals surface area contributed by atoms with E-state index in [0.717, 1.165) is 24.0 Å². The lowest BCUT2D eigenvalue weighted by atomic mass is 10.0. The third kappa shape index (κ3) is 2.79. The Bertz CT molecular complexity index is 367. The second-order valence-electron chi connectivity index (χ2n) is 3.63. The number of hydrogen-bond donors (Lipinski definition) is 2. The first-order chi connectivity index (χ1) is 7.25. The highest BCUT2D eigenvalue weighted by atomic mass is 79.9. The van der Waals surface area contributed by atoms with Gasteiger partial charge in [-0.05, 0) is 24.1 Å². The van der Waals surface area contributed by atoms with Gasteiger partial charge in [-0.15, -0.1) is 0 Å². The number of carbonyl (C=O) groups is 1. The summed E-state index contributed by atoms with van der Waals surface area (Å²) in [7, 11) is 0. The maximum Gasteiger partial charge on any atom is 0.237 e. The van der Waals surface area contributed by atoms with Crippen LogP contribution in [0.4, 0.5) is 0 Å². The van der Waals surface area contributed by atoms with E-state index >= 15 is 0 Å². The molecule has 4 heteroatoms. The number of rotatable bonds is 2. The minimum atomic E-state index is -0.0898. The van der Waals surface area contributed by atoms with Crippen LogP contribution in [0.2, 0.25) is 0 Å². The van der Waals surface area contributed by atoms with Crippen molar-refractivity contribution in [3.05, 3.63) is 34.3 Å². The molecule has 1 saturated heterocycles. The number of amides is 1. The fourth-order valence-corrected chi connectivity index (χ4v) is 2.16. The van der Waals surface area contributed by atoms with Crippen LogP contribution < -0.4 is 10.6 Å². The molecular formula is C11H13BrN2O. The quantitative estimate of drug-likeness (QED) is 0.843. The number of carbonyl (C=O) groups excluding carboxylic acids is 1. The Balaban J connectivity index is 2.04. The average Bonchev–Trinajstić information content (AvgIpc) is 2.22. The maximum atomic E-state index is 11.5. The Morgan fingerprint density at radius 1 is 1.40 bits per heavy atom. The lowest BCUT2D eigenvalue weighted by molar-refractivity contribution is -0.124. The zero-order valence-corrected chi connectivity index (χ0v) is 9.88. The number of halogens is 1. The molecular weight excluding hydrogens is 256 g/mol. The predicted molar refractivity (Wildman–Crippen MR) is 62.6 cm³/mol. The van der Waals surface area contributed by atoms with Gasteiger partial charge in [-0.2, -0.15) is 0 Å². The molecule has 3 nitrogen and oxygen atoms in total. The van der Waals surface area contributed by atoms with Crippen molar-refractivity contribution in [1.29, 1.82) is 0 Å². The number of piperazine rings is 1. The van der Waals surface area contributed by atoms with Gasteiger partial charge in [0.1, 0.15) is 0 Å². The Morgan fingerprint density at radius 3 is 3.00 bits per heavy atom. The van der Waals surface area contributed by atoms with Crippen LogP contribution in [0.1, 0.15) is 5.56 Å². The average molecular weight is 269 g/mol. The molecule has 1 fully saturated rings. The molecule has 0 spiro atoms. The molecule has 0 radical (unpaired) electrons. The van der Waals surface area contributed by atoms with E-state index in [4.69, 9.17) is 0 Å². The van der Waals surface area contributed by atoms with E-state index < -0.39 is 0 Å². The molecule has 1 aliphatic rings. The van der Waals surface area contributed by atoms with E-state index in [1.165, 1.54) is 5.56 Å². The van der Waals surface area contributed by atoms with Crippen LogP contribution >= 0.6 is 15.9 Å². The normalized spacial score (nSPS) is 21.1. The molecule has 0 aliphatic carbocycles. The molecule has 1 heterocycles. The fraction of sp³-hybridized carbons (Fsp3) is 0.364. The van der Waals surface area contributed by atoms with Gasteiger partial charge >= 0.3 is 0 Å². The number of nitrogens with one attached hydrogen (secondary N) is 2. The first-order valence-electron chi connectivity index (χ1n) is 5.01. The van der Waals surface area contributed by atoms with Crippen LogP contribution in [0.5, 0.6) is 0 Å². The molecule has 0 saturated carbocycles. The molecule has 1 aliphatic heterocycles. The first-order valence-corrected chi connectivity index (χ1v) is 5.80. The molecule has 0 unspecified atom stereocenters.